The molecule has 1 aromatic rings. The molecular weight excluding hydrogens is 348 g/mol. The molecule has 0 bridgehead atoms. The van der Waals surface area contributed by atoms with E-state index in [1.807, 2.05) is 36.1 Å². The zero-order valence-electron chi connectivity index (χ0n) is 15.6. The summed E-state index contributed by atoms with van der Waals surface area (Å²) in [5, 5.41) is 2.90. The molecule has 3 fully saturated rings. The van der Waals surface area contributed by atoms with Crippen LogP contribution >= 0.6 is 0 Å². The van der Waals surface area contributed by atoms with E-state index in [1.165, 1.54) is 0 Å². The number of ether oxygens (including phenoxy) is 3. The first-order chi connectivity index (χ1) is 13.1. The van der Waals surface area contributed by atoms with Crippen LogP contribution in [0.25, 0.3) is 0 Å². The van der Waals surface area contributed by atoms with Gasteiger partial charge in [-0.25, -0.2) is 0 Å². The Labute approximate surface area is 158 Å². The van der Waals surface area contributed by atoms with Crippen LogP contribution < -0.4 is 10.1 Å². The quantitative estimate of drug-likeness (QED) is 0.853. The first-order valence-corrected chi connectivity index (χ1v) is 9.71. The van der Waals surface area contributed by atoms with E-state index in [1.54, 1.807) is 0 Å². The molecular formula is C20H26N2O5. The molecule has 0 radical (unpaired) electrons. The second-order valence-corrected chi connectivity index (χ2v) is 7.33. The molecule has 7 nitrogen and oxygen atoms in total. The largest absolute Gasteiger partial charge is 0.494 e. The normalized spacial score (nSPS) is 26.0. The fourth-order valence-corrected chi connectivity index (χ4v) is 3.88. The molecule has 2 unspecified atom stereocenters. The van der Waals surface area contributed by atoms with Gasteiger partial charge in [0.2, 0.25) is 11.8 Å². The number of carbonyl (C=O) groups excluding carboxylic acids is 2. The Morgan fingerprint density at radius 3 is 2.44 bits per heavy atom. The van der Waals surface area contributed by atoms with E-state index in [9.17, 15) is 9.59 Å². The van der Waals surface area contributed by atoms with Crippen molar-refractivity contribution in [2.24, 2.45) is 11.8 Å². The number of nitrogens with one attached hydrogen (secondary N) is 1. The minimum absolute atomic E-state index is 0.0784. The summed E-state index contributed by atoms with van der Waals surface area (Å²) < 4.78 is 16.8. The number of amides is 2. The van der Waals surface area contributed by atoms with Gasteiger partial charge in [-0.3, -0.25) is 9.59 Å². The Balaban J connectivity index is 1.26. The molecule has 1 saturated carbocycles. The van der Waals surface area contributed by atoms with Gasteiger partial charge >= 0.3 is 0 Å². The number of nitrogens with zero attached hydrogens (tertiary/aromatic N) is 1. The van der Waals surface area contributed by atoms with Crippen molar-refractivity contribution in [3.63, 3.8) is 0 Å². The number of rotatable bonds is 5. The van der Waals surface area contributed by atoms with E-state index < -0.39 is 5.79 Å². The lowest BCUT2D eigenvalue weighted by Crippen LogP contribution is -2.48. The van der Waals surface area contributed by atoms with Gasteiger partial charge in [-0.05, 0) is 37.6 Å². The van der Waals surface area contributed by atoms with Crippen LogP contribution in [0.5, 0.6) is 5.75 Å². The Kier molecular flexibility index (Phi) is 5.06. The zero-order chi connectivity index (χ0) is 18.9. The Hall–Kier alpha value is -2.12. The van der Waals surface area contributed by atoms with Gasteiger partial charge in [0, 0.05) is 31.6 Å². The van der Waals surface area contributed by atoms with Crippen molar-refractivity contribution in [1.29, 1.82) is 0 Å². The van der Waals surface area contributed by atoms with Crippen molar-refractivity contribution in [3.8, 4) is 5.75 Å². The van der Waals surface area contributed by atoms with Crippen LogP contribution in [0.4, 0.5) is 5.69 Å². The number of hydrogen-bond acceptors (Lipinski definition) is 5. The highest BCUT2D eigenvalue weighted by molar-refractivity contribution is 5.99. The molecule has 2 saturated heterocycles. The van der Waals surface area contributed by atoms with Crippen molar-refractivity contribution in [2.45, 2.75) is 32.0 Å². The SMILES string of the molecule is CCOc1ccc(NC(=O)C2CC2C(=O)N2CCC3(CC2)OCCO3)cc1. The molecule has 1 spiro atoms. The van der Waals surface area contributed by atoms with E-state index in [0.717, 1.165) is 11.4 Å². The van der Waals surface area contributed by atoms with Gasteiger partial charge in [-0.1, -0.05) is 0 Å². The summed E-state index contributed by atoms with van der Waals surface area (Å²) in [4.78, 5) is 27.0. The number of piperidine rings is 1. The van der Waals surface area contributed by atoms with Gasteiger partial charge in [0.25, 0.3) is 0 Å². The standard InChI is InChI=1S/C20H26N2O5/c1-2-25-15-5-3-14(4-6-15)21-18(23)16-13-17(16)19(24)22-9-7-20(8-10-22)26-11-12-27-20/h3-6,16-17H,2,7-13H2,1H3,(H,21,23). The molecule has 2 heterocycles. The zero-order valence-corrected chi connectivity index (χ0v) is 15.6. The minimum atomic E-state index is -0.481. The van der Waals surface area contributed by atoms with Crippen LogP contribution in [-0.4, -0.2) is 55.4 Å². The van der Waals surface area contributed by atoms with Crippen molar-refractivity contribution in [2.75, 3.05) is 38.2 Å². The molecule has 2 amide bonds. The van der Waals surface area contributed by atoms with Crippen molar-refractivity contribution in [1.82, 2.24) is 4.90 Å². The van der Waals surface area contributed by atoms with Crippen LogP contribution in [-0.2, 0) is 19.1 Å². The van der Waals surface area contributed by atoms with E-state index in [4.69, 9.17) is 14.2 Å². The van der Waals surface area contributed by atoms with E-state index in [0.29, 0.717) is 52.2 Å². The van der Waals surface area contributed by atoms with Gasteiger partial charge in [-0.15, -0.1) is 0 Å². The Morgan fingerprint density at radius 2 is 1.81 bits per heavy atom. The smallest absolute Gasteiger partial charge is 0.228 e. The average molecular weight is 374 g/mol. The average Bonchev–Trinajstić information content (AvgIpc) is 3.37. The van der Waals surface area contributed by atoms with Crippen molar-refractivity contribution < 1.29 is 23.8 Å². The summed E-state index contributed by atoms with van der Waals surface area (Å²) in [6.45, 7) is 5.04. The molecule has 2 atom stereocenters. The third-order valence-corrected chi connectivity index (χ3v) is 5.53. The Bertz CT molecular complexity index is 689. The van der Waals surface area contributed by atoms with Crippen LogP contribution in [0.15, 0.2) is 24.3 Å². The lowest BCUT2D eigenvalue weighted by molar-refractivity contribution is -0.187. The minimum Gasteiger partial charge on any atom is -0.494 e. The fourth-order valence-electron chi connectivity index (χ4n) is 3.88. The fraction of sp³-hybridized carbons (Fsp3) is 0.600. The highest BCUT2D eigenvalue weighted by Gasteiger charge is 2.51. The number of anilines is 1. The monoisotopic (exact) mass is 374 g/mol. The predicted octanol–water partition coefficient (Wildman–Crippen LogP) is 2.03. The number of hydrogen-bond donors (Lipinski definition) is 1. The van der Waals surface area contributed by atoms with Gasteiger partial charge in [0.05, 0.1) is 31.7 Å². The van der Waals surface area contributed by atoms with Crippen molar-refractivity contribution >= 4 is 17.5 Å². The molecule has 2 aliphatic heterocycles. The summed E-state index contributed by atoms with van der Waals surface area (Å²) >= 11 is 0. The molecule has 0 aromatic heterocycles. The second-order valence-electron chi connectivity index (χ2n) is 7.33. The van der Waals surface area contributed by atoms with Gasteiger partial charge in [-0.2, -0.15) is 0 Å². The topological polar surface area (TPSA) is 77.1 Å². The highest BCUT2D eigenvalue weighted by atomic mass is 16.7. The number of benzene rings is 1. The summed E-state index contributed by atoms with van der Waals surface area (Å²) in [5.74, 6) is -0.160. The van der Waals surface area contributed by atoms with Crippen LogP contribution in [0.2, 0.25) is 0 Å². The lowest BCUT2D eigenvalue weighted by atomic mass is 10.0. The van der Waals surface area contributed by atoms with Crippen molar-refractivity contribution in [3.05, 3.63) is 24.3 Å². The second kappa shape index (κ2) is 7.48. The van der Waals surface area contributed by atoms with E-state index >= 15 is 0 Å². The maximum atomic E-state index is 12.7. The van der Waals surface area contributed by atoms with Crippen LogP contribution in [0, 0.1) is 11.8 Å². The maximum Gasteiger partial charge on any atom is 0.228 e. The number of likely N-dealkylation sites (tertiary alicyclic amines) is 1. The molecule has 146 valence electrons. The third kappa shape index (κ3) is 3.94. The molecule has 1 N–H and O–H groups in total. The summed E-state index contributed by atoms with van der Waals surface area (Å²) in [7, 11) is 0. The molecule has 4 rings (SSSR count). The number of carbonyl (C=O) groups is 2. The first-order valence-electron chi connectivity index (χ1n) is 9.71. The maximum absolute atomic E-state index is 12.7. The Morgan fingerprint density at radius 1 is 1.15 bits per heavy atom. The molecule has 1 aromatic carbocycles. The summed E-state index contributed by atoms with van der Waals surface area (Å²) in [6.07, 6.45) is 2.03. The highest BCUT2D eigenvalue weighted by Crippen LogP contribution is 2.42. The van der Waals surface area contributed by atoms with Crippen LogP contribution in [0.1, 0.15) is 26.2 Å². The third-order valence-electron chi connectivity index (χ3n) is 5.53. The van der Waals surface area contributed by atoms with Gasteiger partial charge in [0.1, 0.15) is 5.75 Å². The van der Waals surface area contributed by atoms with Crippen LogP contribution in [0.3, 0.4) is 0 Å². The van der Waals surface area contributed by atoms with E-state index in [-0.39, 0.29) is 23.7 Å². The lowest BCUT2D eigenvalue weighted by Gasteiger charge is -2.37. The molecule has 7 heteroatoms. The first kappa shape index (κ1) is 18.3. The predicted molar refractivity (Wildman–Crippen MR) is 98.3 cm³/mol. The van der Waals surface area contributed by atoms with Gasteiger partial charge in [0.15, 0.2) is 5.79 Å². The molecule has 1 aliphatic carbocycles. The molecule has 3 aliphatic rings. The summed E-state index contributed by atoms with van der Waals surface area (Å²) in [5.41, 5.74) is 0.719. The molecule has 27 heavy (non-hydrogen) atoms. The van der Waals surface area contributed by atoms with Gasteiger partial charge < -0.3 is 24.4 Å². The summed E-state index contributed by atoms with van der Waals surface area (Å²) in [6, 6.07) is 7.28. The van der Waals surface area contributed by atoms with E-state index in [2.05, 4.69) is 5.32 Å².